The molecule has 9 nitrogen and oxygen atoms in total. The highest BCUT2D eigenvalue weighted by molar-refractivity contribution is 6.01. The van der Waals surface area contributed by atoms with Crippen LogP contribution in [0.25, 0.3) is 0 Å². The van der Waals surface area contributed by atoms with Crippen molar-refractivity contribution in [1.82, 2.24) is 10.6 Å². The lowest BCUT2D eigenvalue weighted by Crippen LogP contribution is -2.41. The molecule has 9 heteroatoms. The molecule has 0 saturated carbocycles. The number of rotatable bonds is 7. The van der Waals surface area contributed by atoms with Crippen molar-refractivity contribution >= 4 is 29.2 Å². The summed E-state index contributed by atoms with van der Waals surface area (Å²) in [5, 5.41) is 10.8. The number of furan rings is 1. The zero-order chi connectivity index (χ0) is 20.6. The van der Waals surface area contributed by atoms with Crippen LogP contribution in [-0.4, -0.2) is 43.1 Å². The smallest absolute Gasteiger partial charge is 0.319 e. The van der Waals surface area contributed by atoms with Gasteiger partial charge in [0.25, 0.3) is 5.91 Å². The first-order valence-corrected chi connectivity index (χ1v) is 9.41. The van der Waals surface area contributed by atoms with Gasteiger partial charge in [-0.25, -0.2) is 4.79 Å². The molecule has 2 heterocycles. The van der Waals surface area contributed by atoms with Crippen LogP contribution < -0.4 is 21.3 Å². The molecule has 2 atom stereocenters. The van der Waals surface area contributed by atoms with Gasteiger partial charge in [-0.1, -0.05) is 0 Å². The Bertz CT molecular complexity index is 829. The van der Waals surface area contributed by atoms with Crippen molar-refractivity contribution in [1.29, 1.82) is 0 Å². The summed E-state index contributed by atoms with van der Waals surface area (Å²) in [5.74, 6) is -0.758. The molecule has 154 valence electrons. The standard InChI is InChI=1S/C20H24N4O5/c1-13(22-19(26)14-8-10-28-12-14)18(25)23-15-4-6-16(7-5-15)24-20(27)21-11-17-3-2-9-29-17/h4-8,10,12-13,17H,2-3,9,11H2,1H3,(H,22,26)(H,23,25)(H2,21,24,27)/t13-,17-/m0/s1. The number of benzene rings is 1. The molecule has 0 radical (unpaired) electrons. The van der Waals surface area contributed by atoms with Crippen LogP contribution in [0.5, 0.6) is 0 Å². The molecule has 1 aromatic heterocycles. The average Bonchev–Trinajstić information content (AvgIpc) is 3.42. The van der Waals surface area contributed by atoms with Gasteiger partial charge in [0, 0.05) is 24.5 Å². The lowest BCUT2D eigenvalue weighted by Gasteiger charge is -2.14. The van der Waals surface area contributed by atoms with E-state index >= 15 is 0 Å². The summed E-state index contributed by atoms with van der Waals surface area (Å²) in [6, 6.07) is 7.15. The Kier molecular flexibility index (Phi) is 6.85. The number of nitrogens with one attached hydrogen (secondary N) is 4. The minimum absolute atomic E-state index is 0.0781. The molecule has 29 heavy (non-hydrogen) atoms. The third-order valence-corrected chi connectivity index (χ3v) is 4.45. The van der Waals surface area contributed by atoms with E-state index in [0.717, 1.165) is 19.4 Å². The number of anilines is 2. The number of hydrogen-bond donors (Lipinski definition) is 4. The second kappa shape index (κ2) is 9.74. The lowest BCUT2D eigenvalue weighted by atomic mass is 10.2. The summed E-state index contributed by atoms with van der Waals surface area (Å²) in [7, 11) is 0. The Morgan fingerprint density at radius 3 is 2.45 bits per heavy atom. The average molecular weight is 400 g/mol. The van der Waals surface area contributed by atoms with E-state index in [1.54, 1.807) is 31.2 Å². The fourth-order valence-corrected chi connectivity index (χ4v) is 2.81. The number of carbonyl (C=O) groups excluding carboxylic acids is 3. The topological polar surface area (TPSA) is 122 Å². The zero-order valence-corrected chi connectivity index (χ0v) is 16.1. The van der Waals surface area contributed by atoms with Gasteiger partial charge in [-0.15, -0.1) is 0 Å². The van der Waals surface area contributed by atoms with Crippen molar-refractivity contribution in [3.63, 3.8) is 0 Å². The number of amides is 4. The van der Waals surface area contributed by atoms with Crippen LogP contribution in [0, 0.1) is 0 Å². The van der Waals surface area contributed by atoms with Gasteiger partial charge in [-0.05, 0) is 50.1 Å². The van der Waals surface area contributed by atoms with E-state index in [1.807, 2.05) is 0 Å². The van der Waals surface area contributed by atoms with Gasteiger partial charge >= 0.3 is 6.03 Å². The van der Waals surface area contributed by atoms with Crippen LogP contribution in [0.4, 0.5) is 16.2 Å². The van der Waals surface area contributed by atoms with E-state index in [4.69, 9.17) is 9.15 Å². The molecule has 0 spiro atoms. The maximum atomic E-state index is 12.3. The highest BCUT2D eigenvalue weighted by atomic mass is 16.5. The first kappa shape index (κ1) is 20.4. The summed E-state index contributed by atoms with van der Waals surface area (Å²) in [4.78, 5) is 36.1. The van der Waals surface area contributed by atoms with E-state index in [1.165, 1.54) is 18.6 Å². The molecule has 4 N–H and O–H groups in total. The maximum Gasteiger partial charge on any atom is 0.319 e. The summed E-state index contributed by atoms with van der Waals surface area (Å²) in [6.07, 6.45) is 4.75. The van der Waals surface area contributed by atoms with Crippen LogP contribution in [-0.2, 0) is 9.53 Å². The van der Waals surface area contributed by atoms with E-state index in [-0.39, 0.29) is 18.0 Å². The van der Waals surface area contributed by atoms with Crippen molar-refractivity contribution in [2.24, 2.45) is 0 Å². The third kappa shape index (κ3) is 6.08. The highest BCUT2D eigenvalue weighted by Gasteiger charge is 2.18. The van der Waals surface area contributed by atoms with Crippen molar-refractivity contribution in [3.8, 4) is 0 Å². The number of hydrogen-bond acceptors (Lipinski definition) is 5. The molecule has 2 aromatic rings. The Balaban J connectivity index is 1.43. The van der Waals surface area contributed by atoms with E-state index in [2.05, 4.69) is 21.3 Å². The quantitative estimate of drug-likeness (QED) is 0.568. The van der Waals surface area contributed by atoms with E-state index in [9.17, 15) is 14.4 Å². The largest absolute Gasteiger partial charge is 0.472 e. The fourth-order valence-electron chi connectivity index (χ4n) is 2.81. The Hall–Kier alpha value is -3.33. The van der Waals surface area contributed by atoms with Gasteiger partial charge in [-0.2, -0.15) is 0 Å². The minimum atomic E-state index is -0.737. The van der Waals surface area contributed by atoms with Crippen molar-refractivity contribution in [2.75, 3.05) is 23.8 Å². The van der Waals surface area contributed by atoms with Gasteiger partial charge < -0.3 is 30.4 Å². The van der Waals surface area contributed by atoms with Crippen LogP contribution in [0.15, 0.2) is 47.3 Å². The Morgan fingerprint density at radius 1 is 1.10 bits per heavy atom. The minimum Gasteiger partial charge on any atom is -0.472 e. The summed E-state index contributed by atoms with van der Waals surface area (Å²) >= 11 is 0. The Labute approximate surface area is 168 Å². The molecule has 1 fully saturated rings. The fraction of sp³-hybridized carbons (Fsp3) is 0.350. The first-order chi connectivity index (χ1) is 14.0. The summed E-state index contributed by atoms with van der Waals surface area (Å²) in [5.41, 5.74) is 1.48. The third-order valence-electron chi connectivity index (χ3n) is 4.45. The Morgan fingerprint density at radius 2 is 1.83 bits per heavy atom. The molecule has 3 rings (SSSR count). The van der Waals surface area contributed by atoms with Gasteiger partial charge in [0.2, 0.25) is 5.91 Å². The highest BCUT2D eigenvalue weighted by Crippen LogP contribution is 2.14. The monoisotopic (exact) mass is 400 g/mol. The predicted octanol–water partition coefficient (Wildman–Crippen LogP) is 2.34. The molecule has 4 amide bonds. The number of urea groups is 1. The normalized spacial score (nSPS) is 16.7. The van der Waals surface area contributed by atoms with Gasteiger partial charge in [-0.3, -0.25) is 9.59 Å². The molecule has 0 aliphatic carbocycles. The van der Waals surface area contributed by atoms with Crippen LogP contribution in [0.3, 0.4) is 0 Å². The predicted molar refractivity (Wildman–Crippen MR) is 107 cm³/mol. The molecule has 1 aliphatic rings. The van der Waals surface area contributed by atoms with Crippen LogP contribution in [0.2, 0.25) is 0 Å². The molecule has 0 unspecified atom stereocenters. The van der Waals surface area contributed by atoms with Gasteiger partial charge in [0.05, 0.1) is 17.9 Å². The summed E-state index contributed by atoms with van der Waals surface area (Å²) < 4.78 is 10.3. The van der Waals surface area contributed by atoms with Gasteiger partial charge in [0.1, 0.15) is 12.3 Å². The molecular weight excluding hydrogens is 376 g/mol. The van der Waals surface area contributed by atoms with Crippen molar-refractivity contribution in [2.45, 2.75) is 31.9 Å². The molecule has 1 aromatic carbocycles. The van der Waals surface area contributed by atoms with Crippen molar-refractivity contribution in [3.05, 3.63) is 48.4 Å². The van der Waals surface area contributed by atoms with E-state index < -0.39 is 11.9 Å². The van der Waals surface area contributed by atoms with Crippen LogP contribution >= 0.6 is 0 Å². The second-order valence-electron chi connectivity index (χ2n) is 6.74. The van der Waals surface area contributed by atoms with E-state index in [0.29, 0.717) is 23.5 Å². The lowest BCUT2D eigenvalue weighted by molar-refractivity contribution is -0.117. The maximum absolute atomic E-state index is 12.3. The summed E-state index contributed by atoms with van der Waals surface area (Å²) in [6.45, 7) is 2.80. The van der Waals surface area contributed by atoms with Gasteiger partial charge in [0.15, 0.2) is 0 Å². The second-order valence-corrected chi connectivity index (χ2v) is 6.74. The van der Waals surface area contributed by atoms with Crippen molar-refractivity contribution < 1.29 is 23.5 Å². The SMILES string of the molecule is C[C@H](NC(=O)c1ccoc1)C(=O)Nc1ccc(NC(=O)NC[C@@H]2CCCO2)cc1. The zero-order valence-electron chi connectivity index (χ0n) is 16.1. The molecule has 1 saturated heterocycles. The molecular formula is C20H24N4O5. The van der Waals surface area contributed by atoms with Crippen LogP contribution in [0.1, 0.15) is 30.1 Å². The molecule has 0 bridgehead atoms. The number of carbonyl (C=O) groups is 3. The first-order valence-electron chi connectivity index (χ1n) is 9.41. The number of ether oxygens (including phenoxy) is 1. The molecule has 1 aliphatic heterocycles.